The van der Waals surface area contributed by atoms with Crippen molar-refractivity contribution < 1.29 is 28.6 Å². The van der Waals surface area contributed by atoms with Crippen LogP contribution < -0.4 is 0 Å². The highest BCUT2D eigenvalue weighted by atomic mass is 16.5. The van der Waals surface area contributed by atoms with Crippen LogP contribution in [0.1, 0.15) is 148 Å². The average molecular weight is 732 g/mol. The number of hydrogen-bond acceptors (Lipinski definition) is 7. The van der Waals surface area contributed by atoms with Crippen LogP contribution in [0.4, 0.5) is 0 Å². The fourth-order valence-corrected chi connectivity index (χ4v) is 7.83. The number of hydrogen-bond donors (Lipinski definition) is 0. The maximum absolute atomic E-state index is 13.7. The van der Waals surface area contributed by atoms with Gasteiger partial charge in [-0.3, -0.25) is 14.4 Å². The number of esters is 3. The number of rotatable bonds is 26. The molecule has 0 spiro atoms. The lowest BCUT2D eigenvalue weighted by Crippen LogP contribution is -2.47. The van der Waals surface area contributed by atoms with E-state index in [1.54, 1.807) is 6.08 Å². The van der Waals surface area contributed by atoms with Crippen LogP contribution in [0.2, 0.25) is 0 Å². The van der Waals surface area contributed by atoms with Crippen molar-refractivity contribution in [2.75, 3.05) is 33.9 Å². The zero-order valence-electron chi connectivity index (χ0n) is 36.6. The van der Waals surface area contributed by atoms with Crippen LogP contribution in [0.3, 0.4) is 0 Å². The molecule has 0 saturated carbocycles. The molecule has 52 heavy (non-hydrogen) atoms. The van der Waals surface area contributed by atoms with E-state index in [2.05, 4.69) is 94.9 Å². The minimum Gasteiger partial charge on any atom is -0.461 e. The lowest BCUT2D eigenvalue weighted by Gasteiger charge is -2.45. The van der Waals surface area contributed by atoms with E-state index in [0.717, 1.165) is 19.4 Å². The summed E-state index contributed by atoms with van der Waals surface area (Å²) < 4.78 is 18.1. The lowest BCUT2D eigenvalue weighted by molar-refractivity contribution is -0.169. The molecule has 302 valence electrons. The smallest absolute Gasteiger partial charge is 0.315 e. The molecule has 4 unspecified atom stereocenters. The van der Waals surface area contributed by atoms with E-state index in [4.69, 9.17) is 14.2 Å². The largest absolute Gasteiger partial charge is 0.461 e. The van der Waals surface area contributed by atoms with Gasteiger partial charge in [0, 0.05) is 11.8 Å². The van der Waals surface area contributed by atoms with Crippen molar-refractivity contribution in [1.29, 1.82) is 0 Å². The molecule has 4 atom stereocenters. The summed E-state index contributed by atoms with van der Waals surface area (Å²) in [5.74, 6) is 0.0610. The van der Waals surface area contributed by atoms with Crippen LogP contribution in [0.25, 0.3) is 0 Å². The van der Waals surface area contributed by atoms with Gasteiger partial charge in [0.15, 0.2) is 0 Å². The molecule has 0 radical (unpaired) electrons. The second-order valence-electron chi connectivity index (χ2n) is 19.1. The minimum absolute atomic E-state index is 0.00315. The van der Waals surface area contributed by atoms with Crippen molar-refractivity contribution in [1.82, 2.24) is 4.90 Å². The highest BCUT2D eigenvalue weighted by Gasteiger charge is 2.48. The maximum Gasteiger partial charge on any atom is 0.315 e. The van der Waals surface area contributed by atoms with Gasteiger partial charge in [-0.15, -0.1) is 6.58 Å². The number of allylic oxidation sites excluding steroid dienone is 2. The van der Waals surface area contributed by atoms with Gasteiger partial charge in [0.1, 0.15) is 19.3 Å². The van der Waals surface area contributed by atoms with Gasteiger partial charge in [-0.25, -0.2) is 0 Å². The van der Waals surface area contributed by atoms with Crippen molar-refractivity contribution in [2.24, 2.45) is 44.8 Å². The molecular weight excluding hydrogens is 650 g/mol. The Bertz CT molecular complexity index is 1160. The van der Waals surface area contributed by atoms with Crippen molar-refractivity contribution in [3.05, 3.63) is 37.0 Å². The van der Waals surface area contributed by atoms with Gasteiger partial charge in [-0.05, 0) is 115 Å². The molecule has 0 saturated heterocycles. The van der Waals surface area contributed by atoms with Gasteiger partial charge in [-0.2, -0.15) is 0 Å². The highest BCUT2D eigenvalue weighted by molar-refractivity contribution is 5.79. The Labute approximate surface area is 320 Å². The molecule has 0 aromatic rings. The summed E-state index contributed by atoms with van der Waals surface area (Å²) >= 11 is 0. The minimum atomic E-state index is -1.02. The molecule has 0 aromatic carbocycles. The average Bonchev–Trinajstić information content (AvgIpc) is 3.01. The van der Waals surface area contributed by atoms with Crippen LogP contribution in [0.5, 0.6) is 0 Å². The highest BCUT2D eigenvalue weighted by Crippen LogP contribution is 2.47. The summed E-state index contributed by atoms with van der Waals surface area (Å²) in [6.45, 7) is 34.7. The predicted molar refractivity (Wildman–Crippen MR) is 218 cm³/mol. The molecule has 0 N–H and O–H groups in total. The van der Waals surface area contributed by atoms with E-state index in [0.29, 0.717) is 43.9 Å². The summed E-state index contributed by atoms with van der Waals surface area (Å²) in [6.07, 6.45) is 14.4. The molecule has 0 heterocycles. The molecule has 0 fully saturated rings. The number of nitrogens with zero attached hydrogens (tertiary/aromatic N) is 1. The topological polar surface area (TPSA) is 82.1 Å². The van der Waals surface area contributed by atoms with Gasteiger partial charge in [0.05, 0.1) is 10.8 Å². The van der Waals surface area contributed by atoms with E-state index in [1.807, 2.05) is 51.9 Å². The van der Waals surface area contributed by atoms with Gasteiger partial charge in [0.25, 0.3) is 0 Å². The molecule has 0 amide bonds. The summed E-state index contributed by atoms with van der Waals surface area (Å²) in [5, 5.41) is 0. The Kier molecular flexibility index (Phi) is 21.1. The zero-order chi connectivity index (χ0) is 40.6. The van der Waals surface area contributed by atoms with Crippen molar-refractivity contribution in [3.63, 3.8) is 0 Å². The fraction of sp³-hybridized carbons (Fsp3) is 0.800. The first-order chi connectivity index (χ1) is 23.8. The Morgan fingerprint density at radius 1 is 0.750 bits per heavy atom. The summed E-state index contributed by atoms with van der Waals surface area (Å²) in [5.41, 5.74) is -2.46. The Morgan fingerprint density at radius 2 is 1.23 bits per heavy atom. The van der Waals surface area contributed by atoms with Gasteiger partial charge >= 0.3 is 17.9 Å². The third-order valence-corrected chi connectivity index (χ3v) is 10.3. The molecule has 0 aliphatic heterocycles. The molecule has 0 aliphatic carbocycles. The van der Waals surface area contributed by atoms with Gasteiger partial charge < -0.3 is 19.1 Å². The fourth-order valence-electron chi connectivity index (χ4n) is 7.83. The standard InChI is InChI=1S/C45H81NO6/c1-18-36(32-43(12,13)39(48)50-28-22-25-41(8,9)30-34(4)5)38(52-37(47)24-21-27-46(16)17)44(14,19-2)33-45(15,20-3)40(49)51-29-23-26-42(10,11)31-35(6)7/h20,22-23,25-26,34-36,38H,3,18-19,21,24,27-33H2,1-2,4-17H3. The third kappa shape index (κ3) is 18.6. The normalized spacial score (nSPS) is 16.6. The van der Waals surface area contributed by atoms with Gasteiger partial charge in [0.2, 0.25) is 0 Å². The first-order valence-electron chi connectivity index (χ1n) is 20.0. The molecule has 7 nitrogen and oxygen atoms in total. The molecule has 0 bridgehead atoms. The summed E-state index contributed by atoms with van der Waals surface area (Å²) in [7, 11) is 3.97. The van der Waals surface area contributed by atoms with Gasteiger partial charge in [-0.1, -0.05) is 107 Å². The molecule has 7 heteroatoms. The lowest BCUT2D eigenvalue weighted by atomic mass is 9.63. The monoisotopic (exact) mass is 732 g/mol. The summed E-state index contributed by atoms with van der Waals surface area (Å²) in [4.78, 5) is 42.8. The first-order valence-corrected chi connectivity index (χ1v) is 20.0. The molecule has 0 aliphatic rings. The zero-order valence-corrected chi connectivity index (χ0v) is 36.6. The Hall–Kier alpha value is -2.41. The third-order valence-electron chi connectivity index (χ3n) is 10.3. The quantitative estimate of drug-likeness (QED) is 0.0497. The molecule has 0 rings (SSSR count). The number of ether oxygens (including phenoxy) is 3. The van der Waals surface area contributed by atoms with E-state index < -0.39 is 22.3 Å². The number of carbonyl (C=O) groups is 3. The van der Waals surface area contributed by atoms with Crippen molar-refractivity contribution in [2.45, 2.75) is 154 Å². The van der Waals surface area contributed by atoms with Crippen molar-refractivity contribution in [3.8, 4) is 0 Å². The summed E-state index contributed by atoms with van der Waals surface area (Å²) in [6, 6.07) is 0. The second kappa shape index (κ2) is 22.1. The van der Waals surface area contributed by atoms with E-state index in [9.17, 15) is 14.4 Å². The number of carbonyl (C=O) groups excluding carboxylic acids is 3. The van der Waals surface area contributed by atoms with E-state index in [-0.39, 0.29) is 54.3 Å². The van der Waals surface area contributed by atoms with E-state index in [1.165, 1.54) is 0 Å². The maximum atomic E-state index is 13.7. The van der Waals surface area contributed by atoms with Crippen LogP contribution in [0.15, 0.2) is 37.0 Å². The van der Waals surface area contributed by atoms with Crippen molar-refractivity contribution >= 4 is 17.9 Å². The first kappa shape index (κ1) is 49.6. The molecular formula is C45H81NO6. The van der Waals surface area contributed by atoms with E-state index >= 15 is 0 Å². The van der Waals surface area contributed by atoms with Crippen LogP contribution >= 0.6 is 0 Å². The Balaban J connectivity index is 6.33. The SMILES string of the molecule is C=CC(C)(CC(C)(CC)C(OC(=O)CCCN(C)C)C(CC)CC(C)(C)C(=O)OCC=CC(C)(C)CC(C)C)C(=O)OCC=CC(C)(C)CC(C)C. The predicted octanol–water partition coefficient (Wildman–Crippen LogP) is 11.0. The Morgan fingerprint density at radius 3 is 1.63 bits per heavy atom. The van der Waals surface area contributed by atoms with Crippen LogP contribution in [0, 0.1) is 44.8 Å². The van der Waals surface area contributed by atoms with Crippen LogP contribution in [-0.4, -0.2) is 62.8 Å². The van der Waals surface area contributed by atoms with Crippen LogP contribution in [-0.2, 0) is 28.6 Å². The second-order valence-corrected chi connectivity index (χ2v) is 19.1. The molecule has 0 aromatic heterocycles.